The molecule has 0 aromatic carbocycles. The number of hydrogen-bond acceptors (Lipinski definition) is 8. The number of imidazole rings is 1. The Labute approximate surface area is 213 Å². The van der Waals surface area contributed by atoms with Crippen molar-refractivity contribution in [3.8, 4) is 0 Å². The van der Waals surface area contributed by atoms with Gasteiger partial charge < -0.3 is 30.0 Å². The van der Waals surface area contributed by atoms with Crippen LogP contribution >= 0.6 is 0 Å². The monoisotopic (exact) mass is 505 g/mol. The van der Waals surface area contributed by atoms with E-state index in [9.17, 15) is 9.59 Å². The molecule has 3 aromatic heterocycles. The Kier molecular flexibility index (Phi) is 5.43. The molecule has 0 spiro atoms. The Morgan fingerprint density at radius 3 is 2.73 bits per heavy atom. The molecular weight excluding hydrogens is 474 g/mol. The van der Waals surface area contributed by atoms with Crippen LogP contribution in [0, 0.1) is 5.92 Å². The molecule has 2 bridgehead atoms. The average molecular weight is 506 g/mol. The minimum atomic E-state index is -0.299. The largest absolute Gasteiger partial charge is 0.385 e. The van der Waals surface area contributed by atoms with Gasteiger partial charge in [0.1, 0.15) is 5.69 Å². The molecule has 3 N–H and O–H groups in total. The Bertz CT molecular complexity index is 1410. The zero-order valence-electron chi connectivity index (χ0n) is 20.7. The normalized spacial score (nSPS) is 30.1. The summed E-state index contributed by atoms with van der Waals surface area (Å²) in [4.78, 5) is 31.8. The highest BCUT2D eigenvalue weighted by Crippen LogP contribution is 2.39. The summed E-state index contributed by atoms with van der Waals surface area (Å²) >= 11 is 0. The second-order valence-electron chi connectivity index (χ2n) is 10.6. The van der Waals surface area contributed by atoms with Crippen LogP contribution in [0.2, 0.25) is 0 Å². The maximum Gasteiger partial charge on any atom is 0.274 e. The predicted molar refractivity (Wildman–Crippen MR) is 136 cm³/mol. The lowest BCUT2D eigenvalue weighted by Gasteiger charge is -2.39. The van der Waals surface area contributed by atoms with Gasteiger partial charge in [0.25, 0.3) is 11.5 Å². The van der Waals surface area contributed by atoms with E-state index in [-0.39, 0.29) is 53.4 Å². The first-order valence-electron chi connectivity index (χ1n) is 13.2. The number of hydrogen-bond donors (Lipinski definition) is 3. The predicted octanol–water partition coefficient (Wildman–Crippen LogP) is 2.47. The minimum Gasteiger partial charge on any atom is -0.385 e. The third-order valence-electron chi connectivity index (χ3n) is 8.42. The van der Waals surface area contributed by atoms with Crippen LogP contribution < -0.4 is 21.5 Å². The van der Waals surface area contributed by atoms with Crippen LogP contribution in [0.15, 0.2) is 35.4 Å². The maximum atomic E-state index is 13.6. The Hall–Kier alpha value is -3.44. The number of pyridine rings is 1. The van der Waals surface area contributed by atoms with E-state index in [1.165, 1.54) is 4.52 Å². The van der Waals surface area contributed by atoms with Crippen LogP contribution in [0.25, 0.3) is 5.65 Å². The lowest BCUT2D eigenvalue weighted by atomic mass is 9.77. The molecule has 37 heavy (non-hydrogen) atoms. The van der Waals surface area contributed by atoms with E-state index in [0.29, 0.717) is 17.3 Å². The van der Waals surface area contributed by atoms with Gasteiger partial charge in [-0.3, -0.25) is 9.59 Å². The molecule has 4 fully saturated rings. The molecule has 11 nitrogen and oxygen atoms in total. The van der Waals surface area contributed by atoms with Crippen molar-refractivity contribution < 1.29 is 14.3 Å². The summed E-state index contributed by atoms with van der Waals surface area (Å²) < 4.78 is 15.1. The Morgan fingerprint density at radius 2 is 1.95 bits per heavy atom. The number of ether oxygens (including phenoxy) is 2. The summed E-state index contributed by atoms with van der Waals surface area (Å²) in [5, 5.41) is 13.8. The Morgan fingerprint density at radius 1 is 1.11 bits per heavy atom. The second kappa shape index (κ2) is 8.84. The van der Waals surface area contributed by atoms with E-state index >= 15 is 0 Å². The molecule has 3 saturated heterocycles. The fourth-order valence-electron chi connectivity index (χ4n) is 6.51. The molecule has 3 aliphatic heterocycles. The molecule has 1 saturated carbocycles. The van der Waals surface area contributed by atoms with Gasteiger partial charge in [0, 0.05) is 25.9 Å². The highest BCUT2D eigenvalue weighted by Gasteiger charge is 2.46. The third-order valence-corrected chi connectivity index (χ3v) is 8.42. The molecule has 6 heterocycles. The van der Waals surface area contributed by atoms with Crippen LogP contribution in [0.1, 0.15) is 55.1 Å². The number of nitrogens with zero attached hydrogens (tertiary/aromatic N) is 4. The Balaban J connectivity index is 1.23. The van der Waals surface area contributed by atoms with E-state index in [1.54, 1.807) is 29.9 Å². The first kappa shape index (κ1) is 22.7. The van der Waals surface area contributed by atoms with Crippen molar-refractivity contribution in [1.29, 1.82) is 0 Å². The van der Waals surface area contributed by atoms with E-state index in [4.69, 9.17) is 14.5 Å². The standard InChI is InChI=1S/C26H31N7O4/c1-27-18-6-8-28-33-21(25(34)30-20-11-14-7-10-36-22(14)20)23(31-24(18)33)29-19-3-2-9-32(26(19)35)15-12-16-4-5-17(13-15)37-16/h2-3,6,8-9,14-17,20,22,27,29H,4-5,7,10-13H2,1H3,(H,30,34)/t14-,15?,16?,17?,20-,22-/m1/s1. The number of aromatic nitrogens is 4. The number of carbonyl (C=O) groups excluding carboxylic acids is 1. The molecule has 0 radical (unpaired) electrons. The zero-order valence-corrected chi connectivity index (χ0v) is 20.7. The van der Waals surface area contributed by atoms with E-state index < -0.39 is 0 Å². The van der Waals surface area contributed by atoms with Crippen LogP contribution in [0.4, 0.5) is 17.2 Å². The zero-order chi connectivity index (χ0) is 25.1. The summed E-state index contributed by atoms with van der Waals surface area (Å²) in [7, 11) is 1.79. The van der Waals surface area contributed by atoms with Crippen LogP contribution in [-0.4, -0.2) is 63.1 Å². The molecule has 7 rings (SSSR count). The summed E-state index contributed by atoms with van der Waals surface area (Å²) in [5.41, 5.74) is 1.71. The van der Waals surface area contributed by atoms with E-state index in [0.717, 1.165) is 50.8 Å². The summed E-state index contributed by atoms with van der Waals surface area (Å²) in [6, 6.07) is 5.45. The molecule has 1 amide bonds. The fraction of sp³-hybridized carbons (Fsp3) is 0.538. The van der Waals surface area contributed by atoms with Gasteiger partial charge in [-0.05, 0) is 62.6 Å². The highest BCUT2D eigenvalue weighted by molar-refractivity contribution is 6.00. The van der Waals surface area contributed by atoms with Crippen molar-refractivity contribution in [2.45, 2.75) is 68.9 Å². The van der Waals surface area contributed by atoms with Gasteiger partial charge in [-0.2, -0.15) is 5.10 Å². The molecular formula is C26H31N7O4. The van der Waals surface area contributed by atoms with E-state index in [1.807, 2.05) is 12.3 Å². The first-order valence-corrected chi connectivity index (χ1v) is 13.2. The second-order valence-corrected chi connectivity index (χ2v) is 10.6. The summed E-state index contributed by atoms with van der Waals surface area (Å²) in [6.07, 6.45) is 9.71. The van der Waals surface area contributed by atoms with Crippen LogP contribution in [0.3, 0.4) is 0 Å². The SMILES string of the molecule is CNc1ccnn2c(C(=O)N[C@@H]3C[C@H]4CCO[C@H]43)c(Nc3cccn(C4CC5CCC(C4)O5)c3=O)nc12. The fourth-order valence-corrected chi connectivity index (χ4v) is 6.51. The van der Waals surface area contributed by atoms with Crippen molar-refractivity contribution in [2.24, 2.45) is 5.92 Å². The van der Waals surface area contributed by atoms with Gasteiger partial charge in [0.05, 0.1) is 36.2 Å². The molecule has 1 aliphatic carbocycles. The van der Waals surface area contributed by atoms with Crippen molar-refractivity contribution in [1.82, 2.24) is 24.5 Å². The number of amides is 1. The lowest BCUT2D eigenvalue weighted by molar-refractivity contribution is -0.0164. The van der Waals surface area contributed by atoms with Crippen LogP contribution in [0.5, 0.6) is 0 Å². The number of nitrogens with one attached hydrogen (secondary N) is 3. The van der Waals surface area contributed by atoms with Gasteiger partial charge in [-0.1, -0.05) is 0 Å². The smallest absolute Gasteiger partial charge is 0.274 e. The van der Waals surface area contributed by atoms with Gasteiger partial charge in [0.15, 0.2) is 17.2 Å². The number of fused-ring (bicyclic) bond motifs is 4. The topological polar surface area (TPSA) is 124 Å². The van der Waals surface area contributed by atoms with Crippen molar-refractivity contribution in [2.75, 3.05) is 24.3 Å². The molecule has 11 heteroatoms. The van der Waals surface area contributed by atoms with Crippen LogP contribution in [-0.2, 0) is 9.47 Å². The molecule has 3 aromatic rings. The number of rotatable bonds is 6. The van der Waals surface area contributed by atoms with Crippen molar-refractivity contribution in [3.63, 3.8) is 0 Å². The van der Waals surface area contributed by atoms with E-state index in [2.05, 4.69) is 21.0 Å². The highest BCUT2D eigenvalue weighted by atomic mass is 16.5. The first-order chi connectivity index (χ1) is 18.1. The molecule has 5 atom stereocenters. The quantitative estimate of drug-likeness (QED) is 0.467. The van der Waals surface area contributed by atoms with Crippen molar-refractivity contribution >= 4 is 28.7 Å². The van der Waals surface area contributed by atoms with Gasteiger partial charge in [0.2, 0.25) is 0 Å². The minimum absolute atomic E-state index is 0.0382. The number of carbonyl (C=O) groups is 1. The molecule has 194 valence electrons. The van der Waals surface area contributed by atoms with Crippen molar-refractivity contribution in [3.05, 3.63) is 46.6 Å². The molecule has 2 unspecified atom stereocenters. The van der Waals surface area contributed by atoms with Gasteiger partial charge in [-0.15, -0.1) is 0 Å². The average Bonchev–Trinajstić information content (AvgIpc) is 3.57. The van der Waals surface area contributed by atoms with Gasteiger partial charge >= 0.3 is 0 Å². The summed E-state index contributed by atoms with van der Waals surface area (Å²) in [5.74, 6) is 0.507. The lowest BCUT2D eigenvalue weighted by Crippen LogP contribution is -2.54. The maximum absolute atomic E-state index is 13.6. The number of anilines is 3. The van der Waals surface area contributed by atoms with Gasteiger partial charge in [-0.25, -0.2) is 9.50 Å². The third kappa shape index (κ3) is 3.79. The summed E-state index contributed by atoms with van der Waals surface area (Å²) in [6.45, 7) is 0.742. The molecule has 4 aliphatic rings.